The highest BCUT2D eigenvalue weighted by atomic mass is 16.4. The SMILES string of the molecule is CCc1nc(C(=O)O)nn1-c1ccc(C#N)c(C#N)c1. The molecular weight excluding hydrogens is 258 g/mol. The first-order chi connectivity index (χ1) is 9.60. The van der Waals surface area contributed by atoms with Crippen molar-refractivity contribution in [3.8, 4) is 17.8 Å². The number of nitriles is 2. The highest BCUT2D eigenvalue weighted by Gasteiger charge is 2.16. The molecule has 0 aliphatic carbocycles. The number of rotatable bonds is 3. The zero-order valence-electron chi connectivity index (χ0n) is 10.5. The fourth-order valence-electron chi connectivity index (χ4n) is 1.72. The summed E-state index contributed by atoms with van der Waals surface area (Å²) in [7, 11) is 0. The fourth-order valence-corrected chi connectivity index (χ4v) is 1.72. The van der Waals surface area contributed by atoms with Crippen LogP contribution in [0, 0.1) is 22.7 Å². The maximum absolute atomic E-state index is 10.9. The van der Waals surface area contributed by atoms with Gasteiger partial charge < -0.3 is 5.11 Å². The molecule has 0 amide bonds. The Balaban J connectivity index is 2.60. The predicted molar refractivity (Wildman–Crippen MR) is 67.1 cm³/mol. The molecule has 0 saturated carbocycles. The van der Waals surface area contributed by atoms with Crippen LogP contribution in [-0.2, 0) is 6.42 Å². The van der Waals surface area contributed by atoms with Gasteiger partial charge in [-0.05, 0) is 18.2 Å². The van der Waals surface area contributed by atoms with Gasteiger partial charge in [-0.1, -0.05) is 6.92 Å². The molecule has 7 nitrogen and oxygen atoms in total. The molecule has 0 aliphatic heterocycles. The first-order valence-corrected chi connectivity index (χ1v) is 5.74. The third kappa shape index (κ3) is 2.20. The van der Waals surface area contributed by atoms with E-state index >= 15 is 0 Å². The van der Waals surface area contributed by atoms with Gasteiger partial charge in [-0.2, -0.15) is 10.5 Å². The Morgan fingerprint density at radius 2 is 2.05 bits per heavy atom. The number of nitrogens with zero attached hydrogens (tertiary/aromatic N) is 5. The molecule has 1 aromatic carbocycles. The van der Waals surface area contributed by atoms with Crippen LogP contribution in [0.15, 0.2) is 18.2 Å². The standard InChI is InChI=1S/C13H9N5O2/c1-2-11-16-12(13(19)20)17-18(11)10-4-3-8(6-14)9(5-10)7-15/h3-5H,2H2,1H3,(H,19,20). The highest BCUT2D eigenvalue weighted by Crippen LogP contribution is 2.16. The summed E-state index contributed by atoms with van der Waals surface area (Å²) in [6, 6.07) is 8.41. The van der Waals surface area contributed by atoms with Gasteiger partial charge in [-0.25, -0.2) is 14.5 Å². The Morgan fingerprint density at radius 3 is 2.60 bits per heavy atom. The minimum Gasteiger partial charge on any atom is -0.475 e. The number of aromatic carboxylic acids is 1. The molecule has 1 aromatic heterocycles. The van der Waals surface area contributed by atoms with Crippen LogP contribution < -0.4 is 0 Å². The summed E-state index contributed by atoms with van der Waals surface area (Å²) in [5.41, 5.74) is 0.963. The van der Waals surface area contributed by atoms with Crippen LogP contribution in [0.2, 0.25) is 0 Å². The van der Waals surface area contributed by atoms with Crippen LogP contribution in [0.4, 0.5) is 0 Å². The van der Waals surface area contributed by atoms with Crippen LogP contribution in [0.25, 0.3) is 5.69 Å². The Morgan fingerprint density at radius 1 is 1.35 bits per heavy atom. The zero-order valence-corrected chi connectivity index (χ0v) is 10.5. The lowest BCUT2D eigenvalue weighted by molar-refractivity contribution is 0.0683. The average molecular weight is 267 g/mol. The molecule has 2 rings (SSSR count). The summed E-state index contributed by atoms with van der Waals surface area (Å²) in [4.78, 5) is 14.8. The molecule has 0 fully saturated rings. The van der Waals surface area contributed by atoms with Crippen LogP contribution in [0.3, 0.4) is 0 Å². The van der Waals surface area contributed by atoms with Crippen LogP contribution in [0.5, 0.6) is 0 Å². The molecule has 0 saturated heterocycles. The maximum Gasteiger partial charge on any atom is 0.375 e. The first-order valence-electron chi connectivity index (χ1n) is 5.74. The first kappa shape index (κ1) is 13.2. The lowest BCUT2D eigenvalue weighted by atomic mass is 10.1. The molecule has 20 heavy (non-hydrogen) atoms. The normalized spacial score (nSPS) is 9.75. The molecule has 1 heterocycles. The number of carboxylic acid groups (broad SMARTS) is 1. The largest absolute Gasteiger partial charge is 0.475 e. The van der Waals surface area contributed by atoms with Crippen molar-refractivity contribution in [3.05, 3.63) is 41.0 Å². The van der Waals surface area contributed by atoms with Crippen molar-refractivity contribution >= 4 is 5.97 Å². The van der Waals surface area contributed by atoms with Gasteiger partial charge in [0.1, 0.15) is 18.0 Å². The number of benzene rings is 1. The number of carbonyl (C=O) groups is 1. The van der Waals surface area contributed by atoms with E-state index in [-0.39, 0.29) is 17.0 Å². The summed E-state index contributed by atoms with van der Waals surface area (Å²) >= 11 is 0. The molecule has 7 heteroatoms. The molecule has 1 N–H and O–H groups in total. The van der Waals surface area contributed by atoms with Crippen molar-refractivity contribution < 1.29 is 9.90 Å². The third-order valence-corrected chi connectivity index (χ3v) is 2.67. The minimum absolute atomic E-state index is 0.208. The van der Waals surface area contributed by atoms with Crippen molar-refractivity contribution in [1.29, 1.82) is 10.5 Å². The average Bonchev–Trinajstić information content (AvgIpc) is 2.90. The molecule has 0 aliphatic rings. The van der Waals surface area contributed by atoms with Gasteiger partial charge >= 0.3 is 5.97 Å². The Hall–Kier alpha value is -3.19. The molecule has 0 atom stereocenters. The summed E-state index contributed by atoms with van der Waals surface area (Å²) < 4.78 is 1.37. The second-order valence-corrected chi connectivity index (χ2v) is 3.88. The molecule has 0 bridgehead atoms. The third-order valence-electron chi connectivity index (χ3n) is 2.67. The van der Waals surface area contributed by atoms with E-state index in [0.29, 0.717) is 17.9 Å². The lowest BCUT2D eigenvalue weighted by Crippen LogP contribution is -2.04. The summed E-state index contributed by atoms with van der Waals surface area (Å²) in [6.45, 7) is 1.82. The van der Waals surface area contributed by atoms with Gasteiger partial charge in [0.25, 0.3) is 5.82 Å². The summed E-state index contributed by atoms with van der Waals surface area (Å²) in [6.07, 6.45) is 0.488. The second-order valence-electron chi connectivity index (χ2n) is 3.88. The highest BCUT2D eigenvalue weighted by molar-refractivity contribution is 5.83. The van der Waals surface area contributed by atoms with Gasteiger partial charge in [-0.15, -0.1) is 5.10 Å². The quantitative estimate of drug-likeness (QED) is 0.895. The predicted octanol–water partition coefficient (Wildman–Crippen LogP) is 1.27. The zero-order chi connectivity index (χ0) is 14.7. The van der Waals surface area contributed by atoms with Crippen LogP contribution >= 0.6 is 0 Å². The van der Waals surface area contributed by atoms with Crippen molar-refractivity contribution in [2.45, 2.75) is 13.3 Å². The van der Waals surface area contributed by atoms with E-state index in [9.17, 15) is 4.79 Å². The van der Waals surface area contributed by atoms with Gasteiger partial charge in [0.2, 0.25) is 0 Å². The van der Waals surface area contributed by atoms with Crippen molar-refractivity contribution in [3.63, 3.8) is 0 Å². The smallest absolute Gasteiger partial charge is 0.375 e. The number of hydrogen-bond acceptors (Lipinski definition) is 5. The van der Waals surface area contributed by atoms with Gasteiger partial charge in [0, 0.05) is 6.42 Å². The topological polar surface area (TPSA) is 116 Å². The van der Waals surface area contributed by atoms with E-state index in [1.165, 1.54) is 16.8 Å². The van der Waals surface area contributed by atoms with E-state index in [4.69, 9.17) is 15.6 Å². The van der Waals surface area contributed by atoms with E-state index in [1.54, 1.807) is 6.07 Å². The van der Waals surface area contributed by atoms with Gasteiger partial charge in [0.15, 0.2) is 0 Å². The van der Waals surface area contributed by atoms with E-state index in [2.05, 4.69) is 10.1 Å². The Kier molecular flexibility index (Phi) is 3.45. The molecule has 0 unspecified atom stereocenters. The lowest BCUT2D eigenvalue weighted by Gasteiger charge is -2.05. The van der Waals surface area contributed by atoms with E-state index < -0.39 is 5.97 Å². The van der Waals surface area contributed by atoms with Gasteiger partial charge in [0.05, 0.1) is 16.8 Å². The monoisotopic (exact) mass is 267 g/mol. The summed E-state index contributed by atoms with van der Waals surface area (Å²) in [5.74, 6) is -1.05. The molecule has 0 radical (unpaired) electrons. The second kappa shape index (κ2) is 5.21. The number of hydrogen-bond donors (Lipinski definition) is 1. The molecule has 2 aromatic rings. The van der Waals surface area contributed by atoms with E-state index in [0.717, 1.165) is 0 Å². The van der Waals surface area contributed by atoms with E-state index in [1.807, 2.05) is 19.1 Å². The molecular formula is C13H9N5O2. The fraction of sp³-hybridized carbons (Fsp3) is 0.154. The van der Waals surface area contributed by atoms with Gasteiger partial charge in [-0.3, -0.25) is 0 Å². The number of aryl methyl sites for hydroxylation is 1. The molecule has 98 valence electrons. The van der Waals surface area contributed by atoms with Crippen LogP contribution in [-0.4, -0.2) is 25.8 Å². The summed E-state index contributed by atoms with van der Waals surface area (Å²) in [5, 5.41) is 30.7. The Bertz CT molecular complexity index is 764. The number of aromatic nitrogens is 3. The number of carboxylic acids is 1. The van der Waals surface area contributed by atoms with Crippen LogP contribution in [0.1, 0.15) is 34.5 Å². The van der Waals surface area contributed by atoms with Crippen molar-refractivity contribution in [2.24, 2.45) is 0 Å². The minimum atomic E-state index is -1.22. The maximum atomic E-state index is 10.9. The van der Waals surface area contributed by atoms with Crippen molar-refractivity contribution in [2.75, 3.05) is 0 Å². The van der Waals surface area contributed by atoms with Crippen molar-refractivity contribution in [1.82, 2.24) is 14.8 Å². The Labute approximate surface area is 114 Å². The molecule has 0 spiro atoms.